The Morgan fingerprint density at radius 1 is 1.47 bits per heavy atom. The van der Waals surface area contributed by atoms with Crippen LogP contribution in [0.15, 0.2) is 24.3 Å². The second-order valence-corrected chi connectivity index (χ2v) is 3.40. The smallest absolute Gasteiger partial charge is 0.289 e. The van der Waals surface area contributed by atoms with Crippen LogP contribution in [0.25, 0.3) is 0 Å². The van der Waals surface area contributed by atoms with Crippen LogP contribution in [-0.2, 0) is 0 Å². The standard InChI is InChI=1S/C11H15F2NO2.ClH/c1-2-16-9-5-3-4-8(6-9)10(14)11(12,13)7-15;/h3-6,10,15H,2,7,14H2,1H3;1H/t10-;/m1./s1. The second kappa shape index (κ2) is 6.74. The summed E-state index contributed by atoms with van der Waals surface area (Å²) >= 11 is 0. The lowest BCUT2D eigenvalue weighted by Gasteiger charge is -2.22. The molecule has 1 aromatic carbocycles. The molecular formula is C11H16ClF2NO2. The summed E-state index contributed by atoms with van der Waals surface area (Å²) < 4.78 is 31.4. The Morgan fingerprint density at radius 3 is 2.65 bits per heavy atom. The van der Waals surface area contributed by atoms with E-state index in [2.05, 4.69) is 0 Å². The number of ether oxygens (including phenoxy) is 1. The zero-order valence-corrected chi connectivity index (χ0v) is 10.2. The highest BCUT2D eigenvalue weighted by Gasteiger charge is 2.37. The molecule has 3 nitrogen and oxygen atoms in total. The van der Waals surface area contributed by atoms with Gasteiger partial charge in [0.1, 0.15) is 12.4 Å². The van der Waals surface area contributed by atoms with Gasteiger partial charge in [0.2, 0.25) is 0 Å². The fourth-order valence-corrected chi connectivity index (χ4v) is 1.31. The third kappa shape index (κ3) is 4.11. The maximum atomic E-state index is 13.1. The first-order valence-electron chi connectivity index (χ1n) is 4.98. The lowest BCUT2D eigenvalue weighted by molar-refractivity contribution is -0.0712. The van der Waals surface area contributed by atoms with E-state index in [-0.39, 0.29) is 18.0 Å². The molecule has 0 aliphatic heterocycles. The fourth-order valence-electron chi connectivity index (χ4n) is 1.31. The minimum Gasteiger partial charge on any atom is -0.494 e. The van der Waals surface area contributed by atoms with Gasteiger partial charge in [0.25, 0.3) is 5.92 Å². The van der Waals surface area contributed by atoms with Crippen molar-refractivity contribution in [3.05, 3.63) is 29.8 Å². The summed E-state index contributed by atoms with van der Waals surface area (Å²) in [5.41, 5.74) is 5.62. The largest absolute Gasteiger partial charge is 0.494 e. The van der Waals surface area contributed by atoms with Crippen LogP contribution < -0.4 is 10.5 Å². The van der Waals surface area contributed by atoms with Gasteiger partial charge >= 0.3 is 0 Å². The van der Waals surface area contributed by atoms with E-state index in [9.17, 15) is 8.78 Å². The van der Waals surface area contributed by atoms with E-state index in [1.807, 2.05) is 0 Å². The minimum absolute atomic E-state index is 0. The summed E-state index contributed by atoms with van der Waals surface area (Å²) in [7, 11) is 0. The predicted octanol–water partition coefficient (Wildman–Crippen LogP) is 2.13. The van der Waals surface area contributed by atoms with Crippen LogP contribution in [-0.4, -0.2) is 24.2 Å². The molecule has 0 aliphatic rings. The topological polar surface area (TPSA) is 55.5 Å². The van der Waals surface area contributed by atoms with E-state index in [4.69, 9.17) is 15.6 Å². The van der Waals surface area contributed by atoms with E-state index >= 15 is 0 Å². The van der Waals surface area contributed by atoms with Crippen molar-refractivity contribution in [3.63, 3.8) is 0 Å². The van der Waals surface area contributed by atoms with Gasteiger partial charge in [0, 0.05) is 0 Å². The Bertz CT molecular complexity index is 350. The summed E-state index contributed by atoms with van der Waals surface area (Å²) in [6.07, 6.45) is 0. The molecular weight excluding hydrogens is 252 g/mol. The summed E-state index contributed by atoms with van der Waals surface area (Å²) in [5, 5.41) is 8.54. The third-order valence-electron chi connectivity index (χ3n) is 2.19. The summed E-state index contributed by atoms with van der Waals surface area (Å²) in [4.78, 5) is 0. The van der Waals surface area contributed by atoms with Gasteiger partial charge in [-0.1, -0.05) is 12.1 Å². The summed E-state index contributed by atoms with van der Waals surface area (Å²) in [5.74, 6) is -2.84. The van der Waals surface area contributed by atoms with Gasteiger partial charge in [-0.3, -0.25) is 0 Å². The molecule has 1 rings (SSSR count). The van der Waals surface area contributed by atoms with Gasteiger partial charge < -0.3 is 15.6 Å². The molecule has 3 N–H and O–H groups in total. The van der Waals surface area contributed by atoms with Crippen molar-refractivity contribution in [2.75, 3.05) is 13.2 Å². The van der Waals surface area contributed by atoms with E-state index < -0.39 is 18.6 Å². The zero-order valence-electron chi connectivity index (χ0n) is 9.40. The van der Waals surface area contributed by atoms with Crippen molar-refractivity contribution in [1.82, 2.24) is 0 Å². The number of alkyl halides is 2. The molecule has 6 heteroatoms. The molecule has 0 aliphatic carbocycles. The average Bonchev–Trinajstić information content (AvgIpc) is 2.29. The molecule has 1 aromatic rings. The molecule has 98 valence electrons. The molecule has 0 aromatic heterocycles. The summed E-state index contributed by atoms with van der Waals surface area (Å²) in [6, 6.07) is 4.66. The maximum absolute atomic E-state index is 13.1. The Morgan fingerprint density at radius 2 is 2.12 bits per heavy atom. The molecule has 0 spiro atoms. The number of hydrogen-bond donors (Lipinski definition) is 2. The monoisotopic (exact) mass is 267 g/mol. The molecule has 1 atom stereocenters. The van der Waals surface area contributed by atoms with Gasteiger partial charge in [0.05, 0.1) is 12.6 Å². The number of nitrogens with two attached hydrogens (primary N) is 1. The molecule has 0 fully saturated rings. The van der Waals surface area contributed by atoms with Crippen LogP contribution in [0, 0.1) is 0 Å². The van der Waals surface area contributed by atoms with E-state index in [1.54, 1.807) is 19.1 Å². The quantitative estimate of drug-likeness (QED) is 0.859. The molecule has 0 unspecified atom stereocenters. The molecule has 0 bridgehead atoms. The van der Waals surface area contributed by atoms with Gasteiger partial charge in [-0.15, -0.1) is 12.4 Å². The van der Waals surface area contributed by atoms with Gasteiger partial charge in [-0.05, 0) is 24.6 Å². The van der Waals surface area contributed by atoms with Crippen LogP contribution in [0.5, 0.6) is 5.75 Å². The lowest BCUT2D eigenvalue weighted by Crippen LogP contribution is -2.36. The van der Waals surface area contributed by atoms with Crippen LogP contribution in [0.2, 0.25) is 0 Å². The highest BCUT2D eigenvalue weighted by molar-refractivity contribution is 5.85. The average molecular weight is 268 g/mol. The van der Waals surface area contributed by atoms with Crippen molar-refractivity contribution in [2.45, 2.75) is 18.9 Å². The number of hydrogen-bond acceptors (Lipinski definition) is 3. The first-order valence-corrected chi connectivity index (χ1v) is 4.98. The van der Waals surface area contributed by atoms with Crippen molar-refractivity contribution in [1.29, 1.82) is 0 Å². The molecule has 0 radical (unpaired) electrons. The van der Waals surface area contributed by atoms with E-state index in [0.29, 0.717) is 12.4 Å². The molecule has 0 saturated carbocycles. The van der Waals surface area contributed by atoms with Crippen molar-refractivity contribution in [2.24, 2.45) is 5.73 Å². The molecule has 0 heterocycles. The minimum atomic E-state index is -3.33. The Balaban J connectivity index is 0.00000256. The number of aliphatic hydroxyl groups is 1. The number of halogens is 3. The van der Waals surface area contributed by atoms with Gasteiger partial charge in [-0.25, -0.2) is 8.78 Å². The van der Waals surface area contributed by atoms with Crippen LogP contribution in [0.1, 0.15) is 18.5 Å². The summed E-state index contributed by atoms with van der Waals surface area (Å²) in [6.45, 7) is 0.983. The number of benzene rings is 1. The van der Waals surface area contributed by atoms with Crippen molar-refractivity contribution in [3.8, 4) is 5.75 Å². The van der Waals surface area contributed by atoms with Crippen molar-refractivity contribution < 1.29 is 18.6 Å². The second-order valence-electron chi connectivity index (χ2n) is 3.40. The molecule has 0 amide bonds. The molecule has 0 saturated heterocycles. The SMILES string of the molecule is CCOc1cccc([C@@H](N)C(F)(F)CO)c1.Cl. The number of rotatable bonds is 5. The van der Waals surface area contributed by atoms with Gasteiger partial charge in [-0.2, -0.15) is 0 Å². The number of aliphatic hydroxyl groups excluding tert-OH is 1. The predicted molar refractivity (Wildman–Crippen MR) is 63.8 cm³/mol. The maximum Gasteiger partial charge on any atom is 0.289 e. The molecule has 17 heavy (non-hydrogen) atoms. The zero-order chi connectivity index (χ0) is 12.2. The lowest BCUT2D eigenvalue weighted by atomic mass is 10.0. The highest BCUT2D eigenvalue weighted by atomic mass is 35.5. The third-order valence-corrected chi connectivity index (χ3v) is 2.19. The van der Waals surface area contributed by atoms with Gasteiger partial charge in [0.15, 0.2) is 0 Å². The van der Waals surface area contributed by atoms with Crippen LogP contribution in [0.3, 0.4) is 0 Å². The first-order chi connectivity index (χ1) is 7.51. The van der Waals surface area contributed by atoms with Crippen LogP contribution >= 0.6 is 12.4 Å². The Labute approximate surface area is 105 Å². The van der Waals surface area contributed by atoms with E-state index in [1.165, 1.54) is 12.1 Å². The highest BCUT2D eigenvalue weighted by Crippen LogP contribution is 2.30. The Hall–Kier alpha value is -0.910. The normalized spacial score (nSPS) is 12.8. The fraction of sp³-hybridized carbons (Fsp3) is 0.455. The van der Waals surface area contributed by atoms with E-state index in [0.717, 1.165) is 0 Å². The van der Waals surface area contributed by atoms with Crippen molar-refractivity contribution >= 4 is 12.4 Å². The first kappa shape index (κ1) is 16.1. The van der Waals surface area contributed by atoms with Crippen LogP contribution in [0.4, 0.5) is 8.78 Å². The Kier molecular flexibility index (Phi) is 6.37.